The van der Waals surface area contributed by atoms with Gasteiger partial charge in [0.1, 0.15) is 21.5 Å². The van der Waals surface area contributed by atoms with Crippen LogP contribution in [-0.4, -0.2) is 36.2 Å². The number of nitrogens with zero attached hydrogens (tertiary/aromatic N) is 2. The number of anilines is 2. The molecule has 6 nitrogen and oxygen atoms in total. The third-order valence-corrected chi connectivity index (χ3v) is 4.97. The van der Waals surface area contributed by atoms with Crippen LogP contribution < -0.4 is 16.0 Å². The second-order valence-electron chi connectivity index (χ2n) is 5.48. The number of nitriles is 1. The number of nitrogens with one attached hydrogen (secondary N) is 1. The van der Waals surface area contributed by atoms with Gasteiger partial charge in [-0.25, -0.2) is 0 Å². The predicted octanol–water partition coefficient (Wildman–Crippen LogP) is 1.30. The first-order chi connectivity index (χ1) is 9.89. The van der Waals surface area contributed by atoms with Crippen molar-refractivity contribution in [2.45, 2.75) is 32.3 Å². The molecule has 21 heavy (non-hydrogen) atoms. The van der Waals surface area contributed by atoms with Gasteiger partial charge in [0, 0.05) is 19.6 Å². The van der Waals surface area contributed by atoms with E-state index < -0.39 is 5.60 Å². The second-order valence-corrected chi connectivity index (χ2v) is 6.48. The predicted molar refractivity (Wildman–Crippen MR) is 83.5 cm³/mol. The fraction of sp³-hybridized carbons (Fsp3) is 0.571. The average molecular weight is 308 g/mol. The summed E-state index contributed by atoms with van der Waals surface area (Å²) in [6, 6.07) is 2.10. The summed E-state index contributed by atoms with van der Waals surface area (Å²) in [5.41, 5.74) is 5.91. The zero-order chi connectivity index (χ0) is 15.6. The molecule has 1 amide bonds. The number of amides is 1. The fourth-order valence-corrected chi connectivity index (χ4v) is 3.50. The van der Waals surface area contributed by atoms with Crippen molar-refractivity contribution in [3.8, 4) is 6.07 Å². The topological polar surface area (TPSA) is 102 Å². The van der Waals surface area contributed by atoms with Crippen LogP contribution in [0.25, 0.3) is 0 Å². The van der Waals surface area contributed by atoms with E-state index in [2.05, 4.69) is 11.4 Å². The number of hydrogen-bond donors (Lipinski definition) is 3. The van der Waals surface area contributed by atoms with Crippen molar-refractivity contribution in [2.24, 2.45) is 0 Å². The number of aliphatic hydroxyl groups is 1. The van der Waals surface area contributed by atoms with Crippen LogP contribution in [0.2, 0.25) is 0 Å². The molecule has 1 aliphatic heterocycles. The highest BCUT2D eigenvalue weighted by Gasteiger charge is 2.31. The maximum absolute atomic E-state index is 12.0. The van der Waals surface area contributed by atoms with Crippen LogP contribution in [0.5, 0.6) is 0 Å². The van der Waals surface area contributed by atoms with Crippen molar-refractivity contribution in [1.82, 2.24) is 5.32 Å². The SMILES string of the molecule is CCNC(=O)c1sc(N2CCC(C)(O)CC2)c(C#N)c1N. The van der Waals surface area contributed by atoms with Crippen molar-refractivity contribution in [3.63, 3.8) is 0 Å². The Bertz CT molecular complexity index is 579. The number of rotatable bonds is 3. The number of nitrogen functional groups attached to an aromatic ring is 1. The summed E-state index contributed by atoms with van der Waals surface area (Å²) in [5.74, 6) is -0.244. The number of hydrogen-bond acceptors (Lipinski definition) is 6. The minimum absolute atomic E-state index is 0.244. The summed E-state index contributed by atoms with van der Waals surface area (Å²) in [6.45, 7) is 5.46. The molecular formula is C14H20N4O2S. The van der Waals surface area contributed by atoms with Crippen molar-refractivity contribution < 1.29 is 9.90 Å². The molecule has 1 aliphatic rings. The van der Waals surface area contributed by atoms with Crippen LogP contribution in [0.15, 0.2) is 0 Å². The Kier molecular flexibility index (Phi) is 4.40. The van der Waals surface area contributed by atoms with Gasteiger partial charge in [-0.3, -0.25) is 4.79 Å². The van der Waals surface area contributed by atoms with Crippen LogP contribution >= 0.6 is 11.3 Å². The molecule has 0 radical (unpaired) electrons. The molecule has 0 unspecified atom stereocenters. The zero-order valence-corrected chi connectivity index (χ0v) is 13.1. The fourth-order valence-electron chi connectivity index (χ4n) is 2.36. The molecule has 114 valence electrons. The van der Waals surface area contributed by atoms with E-state index in [1.165, 1.54) is 11.3 Å². The van der Waals surface area contributed by atoms with Crippen LogP contribution in [0, 0.1) is 11.3 Å². The molecular weight excluding hydrogens is 288 g/mol. The summed E-state index contributed by atoms with van der Waals surface area (Å²) >= 11 is 1.25. The van der Waals surface area contributed by atoms with Gasteiger partial charge in [0.05, 0.1) is 11.3 Å². The molecule has 1 saturated heterocycles. The lowest BCUT2D eigenvalue weighted by Gasteiger charge is -2.36. The summed E-state index contributed by atoms with van der Waals surface area (Å²) in [6.07, 6.45) is 1.26. The van der Waals surface area contributed by atoms with E-state index in [4.69, 9.17) is 5.73 Å². The Morgan fingerprint density at radius 2 is 2.19 bits per heavy atom. The van der Waals surface area contributed by atoms with Gasteiger partial charge in [-0.1, -0.05) is 0 Å². The van der Waals surface area contributed by atoms with E-state index in [1.54, 1.807) is 0 Å². The summed E-state index contributed by atoms with van der Waals surface area (Å²) in [5, 5.41) is 22.8. The highest BCUT2D eigenvalue weighted by molar-refractivity contribution is 7.19. The molecule has 2 rings (SSSR count). The molecule has 4 N–H and O–H groups in total. The Morgan fingerprint density at radius 3 is 2.71 bits per heavy atom. The number of carbonyl (C=O) groups excluding carboxylic acids is 1. The lowest BCUT2D eigenvalue weighted by atomic mass is 9.94. The number of piperidine rings is 1. The quantitative estimate of drug-likeness (QED) is 0.781. The van der Waals surface area contributed by atoms with Gasteiger partial charge < -0.3 is 21.1 Å². The molecule has 1 fully saturated rings. The lowest BCUT2D eigenvalue weighted by molar-refractivity contribution is 0.0352. The van der Waals surface area contributed by atoms with E-state index >= 15 is 0 Å². The molecule has 0 bridgehead atoms. The van der Waals surface area contributed by atoms with Gasteiger partial charge in [0.25, 0.3) is 5.91 Å². The van der Waals surface area contributed by atoms with Crippen LogP contribution in [0.1, 0.15) is 41.9 Å². The largest absolute Gasteiger partial charge is 0.396 e. The third kappa shape index (κ3) is 3.12. The molecule has 0 aliphatic carbocycles. The minimum Gasteiger partial charge on any atom is -0.396 e. The van der Waals surface area contributed by atoms with E-state index in [1.807, 2.05) is 18.7 Å². The van der Waals surface area contributed by atoms with E-state index in [0.717, 1.165) is 5.00 Å². The maximum Gasteiger partial charge on any atom is 0.263 e. The van der Waals surface area contributed by atoms with E-state index in [0.29, 0.717) is 42.9 Å². The monoisotopic (exact) mass is 308 g/mol. The number of carbonyl (C=O) groups is 1. The summed E-state index contributed by atoms with van der Waals surface area (Å²) < 4.78 is 0. The smallest absolute Gasteiger partial charge is 0.263 e. The van der Waals surface area contributed by atoms with Crippen LogP contribution in [-0.2, 0) is 0 Å². The minimum atomic E-state index is -0.658. The van der Waals surface area contributed by atoms with E-state index in [9.17, 15) is 15.2 Å². The van der Waals surface area contributed by atoms with Crippen molar-refractivity contribution in [1.29, 1.82) is 5.26 Å². The molecule has 1 aromatic heterocycles. The van der Waals surface area contributed by atoms with Gasteiger partial charge in [0.2, 0.25) is 0 Å². The zero-order valence-electron chi connectivity index (χ0n) is 12.3. The highest BCUT2D eigenvalue weighted by atomic mass is 32.1. The molecule has 0 saturated carbocycles. The summed E-state index contributed by atoms with van der Waals surface area (Å²) in [4.78, 5) is 14.4. The summed E-state index contributed by atoms with van der Waals surface area (Å²) in [7, 11) is 0. The standard InChI is InChI=1S/C14H20N4O2S/c1-3-17-12(19)11-10(16)9(8-15)13(21-11)18-6-4-14(2,20)5-7-18/h20H,3-7,16H2,1-2H3,(H,17,19). The Morgan fingerprint density at radius 1 is 1.57 bits per heavy atom. The van der Waals surface area contributed by atoms with Crippen LogP contribution in [0.3, 0.4) is 0 Å². The van der Waals surface area contributed by atoms with Gasteiger partial charge in [-0.15, -0.1) is 11.3 Å². The van der Waals surface area contributed by atoms with Gasteiger partial charge in [-0.2, -0.15) is 5.26 Å². The Balaban J connectivity index is 2.30. The number of nitrogens with two attached hydrogens (primary N) is 1. The van der Waals surface area contributed by atoms with Gasteiger partial charge in [-0.05, 0) is 26.7 Å². The number of thiophene rings is 1. The molecule has 0 spiro atoms. The third-order valence-electron chi connectivity index (χ3n) is 3.71. The molecule has 0 atom stereocenters. The van der Waals surface area contributed by atoms with Gasteiger partial charge in [0.15, 0.2) is 0 Å². The molecule has 7 heteroatoms. The first-order valence-electron chi connectivity index (χ1n) is 6.97. The van der Waals surface area contributed by atoms with Crippen molar-refractivity contribution in [2.75, 3.05) is 30.3 Å². The van der Waals surface area contributed by atoms with Crippen molar-refractivity contribution >= 4 is 27.9 Å². The van der Waals surface area contributed by atoms with E-state index in [-0.39, 0.29) is 11.6 Å². The van der Waals surface area contributed by atoms with Crippen molar-refractivity contribution in [3.05, 3.63) is 10.4 Å². The molecule has 0 aromatic carbocycles. The lowest BCUT2D eigenvalue weighted by Crippen LogP contribution is -2.42. The Labute approximate surface area is 128 Å². The average Bonchev–Trinajstić information content (AvgIpc) is 2.76. The molecule has 1 aromatic rings. The van der Waals surface area contributed by atoms with Crippen LogP contribution in [0.4, 0.5) is 10.7 Å². The second kappa shape index (κ2) is 5.92. The Hall–Kier alpha value is -1.78. The first-order valence-corrected chi connectivity index (χ1v) is 7.79. The van der Waals surface area contributed by atoms with Gasteiger partial charge >= 0.3 is 0 Å². The first kappa shape index (κ1) is 15.6. The molecule has 2 heterocycles. The highest BCUT2D eigenvalue weighted by Crippen LogP contribution is 2.39. The maximum atomic E-state index is 12.0. The normalized spacial score (nSPS) is 17.3.